The summed E-state index contributed by atoms with van der Waals surface area (Å²) in [4.78, 5) is 7.54. The first kappa shape index (κ1) is 14.8. The molecule has 0 bridgehead atoms. The lowest BCUT2D eigenvalue weighted by molar-refractivity contribution is 0.496. The zero-order valence-corrected chi connectivity index (χ0v) is 12.7. The normalized spacial score (nSPS) is 12.6. The first-order chi connectivity index (χ1) is 9.69. The van der Waals surface area contributed by atoms with Crippen molar-refractivity contribution in [3.63, 3.8) is 0 Å². The molecular weight excluding hydrogens is 246 g/mol. The fourth-order valence-electron chi connectivity index (χ4n) is 2.42. The minimum absolute atomic E-state index is 0.434. The van der Waals surface area contributed by atoms with Crippen LogP contribution in [0.4, 0.5) is 0 Å². The van der Waals surface area contributed by atoms with Crippen LogP contribution in [0.2, 0.25) is 0 Å². The maximum absolute atomic E-state index is 4.34. The molecule has 1 atom stereocenters. The minimum Gasteiger partial charge on any atom is -0.349 e. The summed E-state index contributed by atoms with van der Waals surface area (Å²) in [5.74, 6) is 1.06. The summed E-state index contributed by atoms with van der Waals surface area (Å²) in [6, 6.07) is 7.20. The van der Waals surface area contributed by atoms with Crippen LogP contribution >= 0.6 is 0 Å². The van der Waals surface area contributed by atoms with E-state index in [1.807, 2.05) is 12.4 Å². The molecule has 2 aromatic rings. The van der Waals surface area contributed by atoms with Gasteiger partial charge in [0.15, 0.2) is 0 Å². The van der Waals surface area contributed by atoms with Crippen LogP contribution in [0.3, 0.4) is 0 Å². The molecule has 2 rings (SSSR count). The number of benzene rings is 1. The van der Waals surface area contributed by atoms with Gasteiger partial charge in [0, 0.05) is 24.9 Å². The van der Waals surface area contributed by atoms with Crippen molar-refractivity contribution >= 4 is 0 Å². The van der Waals surface area contributed by atoms with Crippen molar-refractivity contribution < 1.29 is 0 Å². The second-order valence-electron chi connectivity index (χ2n) is 5.51. The van der Waals surface area contributed by atoms with Gasteiger partial charge in [-0.05, 0) is 49.9 Å². The Morgan fingerprint density at radius 2 is 2.05 bits per heavy atom. The van der Waals surface area contributed by atoms with Gasteiger partial charge >= 0.3 is 0 Å². The highest BCUT2D eigenvalue weighted by atomic mass is 14.9. The van der Waals surface area contributed by atoms with Crippen LogP contribution in [0.1, 0.15) is 35.9 Å². The Morgan fingerprint density at radius 3 is 2.70 bits per heavy atom. The number of imidazole rings is 1. The number of H-pyrrole nitrogens is 1. The first-order valence-electron chi connectivity index (χ1n) is 7.46. The smallest absolute Gasteiger partial charge is 0.107 e. The van der Waals surface area contributed by atoms with Crippen LogP contribution in [0.5, 0.6) is 0 Å². The Balaban J connectivity index is 2.04. The maximum atomic E-state index is 4.34. The predicted octanol–water partition coefficient (Wildman–Crippen LogP) is 3.18. The van der Waals surface area contributed by atoms with Gasteiger partial charge < -0.3 is 10.3 Å². The lowest BCUT2D eigenvalue weighted by Gasteiger charge is -2.18. The Kier molecular flexibility index (Phi) is 5.36. The van der Waals surface area contributed by atoms with E-state index in [-0.39, 0.29) is 0 Å². The van der Waals surface area contributed by atoms with Crippen molar-refractivity contribution in [3.05, 3.63) is 53.1 Å². The van der Waals surface area contributed by atoms with E-state index >= 15 is 0 Å². The summed E-state index contributed by atoms with van der Waals surface area (Å²) in [5.41, 5.74) is 4.13. The molecule has 0 spiro atoms. The maximum Gasteiger partial charge on any atom is 0.107 e. The highest BCUT2D eigenvalue weighted by molar-refractivity contribution is 5.30. The van der Waals surface area contributed by atoms with Gasteiger partial charge in [0.2, 0.25) is 0 Å². The SMILES string of the molecule is CCCNC(Cc1ccc(C)c(C)c1)Cc1ncc[nH]1. The largest absolute Gasteiger partial charge is 0.349 e. The molecule has 0 aliphatic carbocycles. The fourth-order valence-corrected chi connectivity index (χ4v) is 2.42. The van der Waals surface area contributed by atoms with Gasteiger partial charge in [0.1, 0.15) is 5.82 Å². The summed E-state index contributed by atoms with van der Waals surface area (Å²) in [6.07, 6.45) is 6.85. The Bertz CT molecular complexity index is 517. The Hall–Kier alpha value is -1.61. The van der Waals surface area contributed by atoms with Crippen molar-refractivity contribution in [3.8, 4) is 0 Å². The van der Waals surface area contributed by atoms with E-state index in [1.165, 1.54) is 16.7 Å². The fraction of sp³-hybridized carbons (Fsp3) is 0.471. The van der Waals surface area contributed by atoms with E-state index in [0.29, 0.717) is 6.04 Å². The van der Waals surface area contributed by atoms with Gasteiger partial charge in [-0.15, -0.1) is 0 Å². The first-order valence-corrected chi connectivity index (χ1v) is 7.46. The van der Waals surface area contributed by atoms with Gasteiger partial charge in [-0.25, -0.2) is 4.98 Å². The van der Waals surface area contributed by atoms with Crippen molar-refractivity contribution in [1.29, 1.82) is 0 Å². The molecule has 0 fully saturated rings. The van der Waals surface area contributed by atoms with E-state index in [4.69, 9.17) is 0 Å². The summed E-state index contributed by atoms with van der Waals surface area (Å²) >= 11 is 0. The van der Waals surface area contributed by atoms with Gasteiger partial charge in [-0.3, -0.25) is 0 Å². The van der Waals surface area contributed by atoms with Gasteiger partial charge in [-0.1, -0.05) is 25.1 Å². The van der Waals surface area contributed by atoms with Crippen LogP contribution in [-0.4, -0.2) is 22.6 Å². The molecule has 1 unspecified atom stereocenters. The van der Waals surface area contributed by atoms with E-state index in [0.717, 1.165) is 31.6 Å². The number of aromatic nitrogens is 2. The van der Waals surface area contributed by atoms with Crippen molar-refractivity contribution in [1.82, 2.24) is 15.3 Å². The van der Waals surface area contributed by atoms with Gasteiger partial charge in [-0.2, -0.15) is 0 Å². The molecular formula is C17H25N3. The molecule has 1 heterocycles. The molecule has 0 aliphatic rings. The number of nitrogens with one attached hydrogen (secondary N) is 2. The molecule has 0 amide bonds. The molecule has 0 aliphatic heterocycles. The average Bonchev–Trinajstić information content (AvgIpc) is 2.93. The van der Waals surface area contributed by atoms with Gasteiger partial charge in [0.05, 0.1) is 0 Å². The molecule has 3 nitrogen and oxygen atoms in total. The van der Waals surface area contributed by atoms with Crippen molar-refractivity contribution in [2.45, 2.75) is 46.1 Å². The highest BCUT2D eigenvalue weighted by Crippen LogP contribution is 2.13. The minimum atomic E-state index is 0.434. The number of hydrogen-bond donors (Lipinski definition) is 2. The van der Waals surface area contributed by atoms with Crippen LogP contribution in [0.25, 0.3) is 0 Å². The highest BCUT2D eigenvalue weighted by Gasteiger charge is 2.11. The zero-order valence-electron chi connectivity index (χ0n) is 12.7. The van der Waals surface area contributed by atoms with E-state index in [2.05, 4.69) is 54.3 Å². The second-order valence-corrected chi connectivity index (χ2v) is 5.51. The number of hydrogen-bond acceptors (Lipinski definition) is 2. The lowest BCUT2D eigenvalue weighted by atomic mass is 9.99. The molecule has 0 radical (unpaired) electrons. The number of aryl methyl sites for hydroxylation is 2. The van der Waals surface area contributed by atoms with E-state index in [1.54, 1.807) is 0 Å². The molecule has 0 saturated carbocycles. The van der Waals surface area contributed by atoms with Crippen LogP contribution in [-0.2, 0) is 12.8 Å². The third kappa shape index (κ3) is 4.20. The Labute approximate surface area is 121 Å². The van der Waals surface area contributed by atoms with Gasteiger partial charge in [0.25, 0.3) is 0 Å². The molecule has 20 heavy (non-hydrogen) atoms. The van der Waals surface area contributed by atoms with Crippen molar-refractivity contribution in [2.24, 2.45) is 0 Å². The molecule has 2 N–H and O–H groups in total. The second kappa shape index (κ2) is 7.25. The standard InChI is InChI=1S/C17H25N3/c1-4-7-18-16(12-17-19-8-9-20-17)11-15-6-5-13(2)14(3)10-15/h5-6,8-10,16,18H,4,7,11-12H2,1-3H3,(H,19,20). The third-order valence-corrected chi connectivity index (χ3v) is 3.73. The summed E-state index contributed by atoms with van der Waals surface area (Å²) < 4.78 is 0. The van der Waals surface area contributed by atoms with Crippen LogP contribution in [0.15, 0.2) is 30.6 Å². The van der Waals surface area contributed by atoms with E-state index < -0.39 is 0 Å². The topological polar surface area (TPSA) is 40.7 Å². The van der Waals surface area contributed by atoms with E-state index in [9.17, 15) is 0 Å². The number of aromatic amines is 1. The van der Waals surface area contributed by atoms with Crippen LogP contribution in [0, 0.1) is 13.8 Å². The summed E-state index contributed by atoms with van der Waals surface area (Å²) in [7, 11) is 0. The summed E-state index contributed by atoms with van der Waals surface area (Å²) in [6.45, 7) is 7.60. The van der Waals surface area contributed by atoms with Crippen LogP contribution < -0.4 is 5.32 Å². The summed E-state index contributed by atoms with van der Waals surface area (Å²) in [5, 5.41) is 3.63. The molecule has 0 saturated heterocycles. The van der Waals surface area contributed by atoms with Crippen molar-refractivity contribution in [2.75, 3.05) is 6.54 Å². The third-order valence-electron chi connectivity index (χ3n) is 3.73. The monoisotopic (exact) mass is 271 g/mol. The Morgan fingerprint density at radius 1 is 1.20 bits per heavy atom. The molecule has 108 valence electrons. The number of nitrogens with zero attached hydrogens (tertiary/aromatic N) is 1. The molecule has 1 aromatic heterocycles. The molecule has 1 aromatic carbocycles. The average molecular weight is 271 g/mol. The predicted molar refractivity (Wildman–Crippen MR) is 84.0 cm³/mol. The quantitative estimate of drug-likeness (QED) is 0.812. The lowest BCUT2D eigenvalue weighted by Crippen LogP contribution is -2.34. The zero-order chi connectivity index (χ0) is 14.4. The number of rotatable bonds is 7. The molecule has 3 heteroatoms.